The van der Waals surface area contributed by atoms with Gasteiger partial charge in [0.05, 0.1) is 23.9 Å². The standard InChI is InChI=1S/C26H24N4O4/c1-3-33-23-12-16-13-28-25(30(16)14-21(23)24(31)27-2)29-26(32)34-15-22-19-10-6-4-8-17(19)18-9-5-7-11-20(18)22/h4-14,22H,3,15H2,1-2H3,(H,27,31)(H,28,29,32). The van der Waals surface area contributed by atoms with Crippen LogP contribution in [0.4, 0.5) is 10.7 Å². The minimum Gasteiger partial charge on any atom is -0.493 e. The molecule has 0 fully saturated rings. The van der Waals surface area contributed by atoms with Gasteiger partial charge in [-0.15, -0.1) is 0 Å². The Morgan fingerprint density at radius 3 is 2.38 bits per heavy atom. The Hall–Kier alpha value is -4.33. The normalized spacial score (nSPS) is 12.2. The molecule has 0 aliphatic heterocycles. The summed E-state index contributed by atoms with van der Waals surface area (Å²) < 4.78 is 12.8. The van der Waals surface area contributed by atoms with Gasteiger partial charge in [0, 0.05) is 25.2 Å². The highest BCUT2D eigenvalue weighted by Crippen LogP contribution is 2.44. The van der Waals surface area contributed by atoms with Crippen molar-refractivity contribution in [3.63, 3.8) is 0 Å². The molecule has 0 saturated heterocycles. The smallest absolute Gasteiger partial charge is 0.414 e. The number of fused-ring (bicyclic) bond motifs is 4. The molecule has 8 heteroatoms. The molecule has 34 heavy (non-hydrogen) atoms. The number of nitrogens with one attached hydrogen (secondary N) is 2. The second-order valence-corrected chi connectivity index (χ2v) is 7.89. The first-order chi connectivity index (χ1) is 16.6. The topological polar surface area (TPSA) is 94.0 Å². The van der Waals surface area contributed by atoms with Crippen LogP contribution in [0.2, 0.25) is 0 Å². The predicted octanol–water partition coefficient (Wildman–Crippen LogP) is 4.45. The number of pyridine rings is 1. The van der Waals surface area contributed by atoms with Crippen LogP contribution in [0.1, 0.15) is 34.3 Å². The third-order valence-electron chi connectivity index (χ3n) is 5.96. The van der Waals surface area contributed by atoms with Gasteiger partial charge in [-0.3, -0.25) is 14.5 Å². The molecule has 0 atom stereocenters. The van der Waals surface area contributed by atoms with Gasteiger partial charge in [0.25, 0.3) is 5.91 Å². The molecule has 2 heterocycles. The number of hydrogen-bond donors (Lipinski definition) is 2. The maximum atomic E-state index is 12.7. The number of hydrogen-bond acceptors (Lipinski definition) is 5. The molecule has 0 unspecified atom stereocenters. The molecule has 2 amide bonds. The van der Waals surface area contributed by atoms with E-state index in [1.807, 2.05) is 31.2 Å². The lowest BCUT2D eigenvalue weighted by atomic mass is 9.98. The zero-order chi connectivity index (χ0) is 23.7. The fraction of sp³-hybridized carbons (Fsp3) is 0.192. The monoisotopic (exact) mass is 456 g/mol. The van der Waals surface area contributed by atoms with E-state index in [-0.39, 0.29) is 24.4 Å². The summed E-state index contributed by atoms with van der Waals surface area (Å²) in [5.74, 6) is 0.359. The molecule has 8 nitrogen and oxygen atoms in total. The predicted molar refractivity (Wildman–Crippen MR) is 128 cm³/mol. The van der Waals surface area contributed by atoms with Gasteiger partial charge < -0.3 is 14.8 Å². The fourth-order valence-electron chi connectivity index (χ4n) is 4.42. The van der Waals surface area contributed by atoms with Crippen molar-refractivity contribution in [3.05, 3.63) is 83.7 Å². The number of imidazole rings is 1. The molecule has 5 rings (SSSR count). The second kappa shape index (κ2) is 8.90. The summed E-state index contributed by atoms with van der Waals surface area (Å²) >= 11 is 0. The number of carbonyl (C=O) groups excluding carboxylic acids is 2. The molecule has 0 radical (unpaired) electrons. The molecule has 1 aliphatic rings. The van der Waals surface area contributed by atoms with Gasteiger partial charge >= 0.3 is 6.09 Å². The third-order valence-corrected chi connectivity index (χ3v) is 5.96. The van der Waals surface area contributed by atoms with E-state index >= 15 is 0 Å². The molecule has 2 aromatic heterocycles. The van der Waals surface area contributed by atoms with E-state index < -0.39 is 6.09 Å². The number of ether oxygens (including phenoxy) is 2. The van der Waals surface area contributed by atoms with Crippen LogP contribution in [0.3, 0.4) is 0 Å². The molecule has 2 N–H and O–H groups in total. The van der Waals surface area contributed by atoms with Crippen molar-refractivity contribution in [2.45, 2.75) is 12.8 Å². The van der Waals surface area contributed by atoms with E-state index in [2.05, 4.69) is 39.9 Å². The highest BCUT2D eigenvalue weighted by molar-refractivity contribution is 5.97. The third kappa shape index (κ3) is 3.73. The lowest BCUT2D eigenvalue weighted by Gasteiger charge is -2.14. The van der Waals surface area contributed by atoms with Gasteiger partial charge in [0.2, 0.25) is 5.95 Å². The van der Waals surface area contributed by atoms with Gasteiger partial charge in [-0.2, -0.15) is 0 Å². The number of carbonyl (C=O) groups is 2. The molecular formula is C26H24N4O4. The van der Waals surface area contributed by atoms with Crippen molar-refractivity contribution in [1.82, 2.24) is 14.7 Å². The molecule has 1 aliphatic carbocycles. The highest BCUT2D eigenvalue weighted by Gasteiger charge is 2.29. The number of amides is 2. The van der Waals surface area contributed by atoms with Gasteiger partial charge in [0.1, 0.15) is 12.4 Å². The Morgan fingerprint density at radius 2 is 1.74 bits per heavy atom. The minimum atomic E-state index is -0.621. The van der Waals surface area contributed by atoms with E-state index in [0.717, 1.165) is 22.3 Å². The van der Waals surface area contributed by atoms with Crippen LogP contribution in [0.15, 0.2) is 67.0 Å². The summed E-state index contributed by atoms with van der Waals surface area (Å²) in [6.07, 6.45) is 2.56. The van der Waals surface area contributed by atoms with Crippen molar-refractivity contribution in [1.29, 1.82) is 0 Å². The molecule has 0 bridgehead atoms. The van der Waals surface area contributed by atoms with E-state index in [1.165, 1.54) is 0 Å². The van der Waals surface area contributed by atoms with Crippen molar-refractivity contribution in [3.8, 4) is 16.9 Å². The summed E-state index contributed by atoms with van der Waals surface area (Å²) in [6.45, 7) is 2.46. The first-order valence-electron chi connectivity index (χ1n) is 11.1. The largest absolute Gasteiger partial charge is 0.493 e. The van der Waals surface area contributed by atoms with Crippen LogP contribution in [0.25, 0.3) is 16.6 Å². The van der Waals surface area contributed by atoms with Gasteiger partial charge in [0.15, 0.2) is 0 Å². The van der Waals surface area contributed by atoms with Crippen molar-refractivity contribution >= 4 is 23.5 Å². The zero-order valence-electron chi connectivity index (χ0n) is 18.9. The fourth-order valence-corrected chi connectivity index (χ4v) is 4.42. The SMILES string of the molecule is CCOc1cc2cnc(NC(=O)OCC3c4ccccc4-c4ccccc43)n2cc1C(=O)NC. The van der Waals surface area contributed by atoms with Crippen LogP contribution in [0.5, 0.6) is 5.75 Å². The van der Waals surface area contributed by atoms with Crippen LogP contribution >= 0.6 is 0 Å². The number of anilines is 1. The average Bonchev–Trinajstić information content (AvgIpc) is 3.40. The Morgan fingerprint density at radius 1 is 1.06 bits per heavy atom. The van der Waals surface area contributed by atoms with Gasteiger partial charge in [-0.25, -0.2) is 9.78 Å². The maximum Gasteiger partial charge on any atom is 0.414 e. The molecule has 4 aromatic rings. The van der Waals surface area contributed by atoms with Gasteiger partial charge in [-0.05, 0) is 29.2 Å². The summed E-state index contributed by atoms with van der Waals surface area (Å²) in [5, 5.41) is 5.29. The number of rotatable bonds is 6. The van der Waals surface area contributed by atoms with E-state index in [1.54, 1.807) is 29.9 Å². The van der Waals surface area contributed by atoms with E-state index in [4.69, 9.17) is 9.47 Å². The lowest BCUT2D eigenvalue weighted by molar-refractivity contribution is 0.0959. The van der Waals surface area contributed by atoms with Crippen molar-refractivity contribution in [2.75, 3.05) is 25.6 Å². The maximum absolute atomic E-state index is 12.7. The van der Waals surface area contributed by atoms with E-state index in [9.17, 15) is 9.59 Å². The summed E-state index contributed by atoms with van der Waals surface area (Å²) in [7, 11) is 1.55. The molecular weight excluding hydrogens is 432 g/mol. The average molecular weight is 457 g/mol. The molecule has 2 aromatic carbocycles. The quantitative estimate of drug-likeness (QED) is 0.447. The first kappa shape index (κ1) is 21.5. The lowest BCUT2D eigenvalue weighted by Crippen LogP contribution is -2.21. The molecule has 0 saturated carbocycles. The Bertz CT molecular complexity index is 1350. The molecule has 0 spiro atoms. The van der Waals surface area contributed by atoms with E-state index in [0.29, 0.717) is 23.4 Å². The number of aromatic nitrogens is 2. The first-order valence-corrected chi connectivity index (χ1v) is 11.1. The second-order valence-electron chi connectivity index (χ2n) is 7.89. The number of benzene rings is 2. The Kier molecular flexibility index (Phi) is 5.63. The highest BCUT2D eigenvalue weighted by atomic mass is 16.5. The van der Waals surface area contributed by atoms with Crippen LogP contribution < -0.4 is 15.4 Å². The summed E-state index contributed by atoms with van der Waals surface area (Å²) in [6, 6.07) is 18.0. The Balaban J connectivity index is 1.35. The van der Waals surface area contributed by atoms with Crippen LogP contribution in [-0.4, -0.2) is 41.6 Å². The summed E-state index contributed by atoms with van der Waals surface area (Å²) in [4.78, 5) is 29.3. The molecule has 172 valence electrons. The van der Waals surface area contributed by atoms with Crippen molar-refractivity contribution in [2.24, 2.45) is 0 Å². The van der Waals surface area contributed by atoms with Crippen molar-refractivity contribution < 1.29 is 19.1 Å². The summed E-state index contributed by atoms with van der Waals surface area (Å²) in [5.41, 5.74) is 5.62. The minimum absolute atomic E-state index is 0.0382. The zero-order valence-corrected chi connectivity index (χ0v) is 18.9. The van der Waals surface area contributed by atoms with Crippen LogP contribution in [0, 0.1) is 0 Å². The van der Waals surface area contributed by atoms with Gasteiger partial charge in [-0.1, -0.05) is 48.5 Å². The van der Waals surface area contributed by atoms with Crippen LogP contribution in [-0.2, 0) is 4.74 Å². The Labute approximate surface area is 196 Å². The number of nitrogens with zero attached hydrogens (tertiary/aromatic N) is 2.